The number of carbonyl (C=O) groups is 1. The van der Waals surface area contributed by atoms with E-state index in [0.29, 0.717) is 17.9 Å². The number of nitrogens with two attached hydrogens (primary N) is 1. The van der Waals surface area contributed by atoms with E-state index in [1.807, 2.05) is 10.8 Å². The van der Waals surface area contributed by atoms with Gasteiger partial charge >= 0.3 is 0 Å². The molecule has 0 aromatic carbocycles. The van der Waals surface area contributed by atoms with Crippen LogP contribution in [0.1, 0.15) is 23.2 Å². The zero-order chi connectivity index (χ0) is 12.8. The van der Waals surface area contributed by atoms with E-state index in [1.54, 1.807) is 12.5 Å². The van der Waals surface area contributed by atoms with E-state index >= 15 is 0 Å². The van der Waals surface area contributed by atoms with Crippen molar-refractivity contribution in [2.45, 2.75) is 19.4 Å². The van der Waals surface area contributed by atoms with Gasteiger partial charge in [-0.15, -0.1) is 0 Å². The molecule has 2 aromatic rings. The van der Waals surface area contributed by atoms with Crippen molar-refractivity contribution in [2.24, 2.45) is 0 Å². The van der Waals surface area contributed by atoms with E-state index in [-0.39, 0.29) is 5.91 Å². The van der Waals surface area contributed by atoms with E-state index in [9.17, 15) is 4.79 Å². The van der Waals surface area contributed by atoms with Crippen LogP contribution in [-0.2, 0) is 6.54 Å². The molecule has 0 aliphatic carbocycles. The molecule has 0 unspecified atom stereocenters. The minimum absolute atomic E-state index is 0.191. The molecule has 0 bridgehead atoms. The Kier molecular flexibility index (Phi) is 3.95. The highest BCUT2D eigenvalue weighted by Crippen LogP contribution is 2.05. The van der Waals surface area contributed by atoms with Crippen molar-refractivity contribution in [3.05, 3.63) is 30.5 Å². The molecule has 4 N–H and O–H groups in total. The van der Waals surface area contributed by atoms with Crippen LogP contribution < -0.4 is 11.1 Å². The SMILES string of the molecule is Nc1[nH]ncc1C(=O)NCCCCn1ccnc1. The number of anilines is 1. The van der Waals surface area contributed by atoms with E-state index in [1.165, 1.54) is 6.20 Å². The van der Waals surface area contributed by atoms with Gasteiger partial charge in [0.05, 0.1) is 12.5 Å². The summed E-state index contributed by atoms with van der Waals surface area (Å²) in [5.41, 5.74) is 5.94. The second-order valence-electron chi connectivity index (χ2n) is 3.96. The summed E-state index contributed by atoms with van der Waals surface area (Å²) in [7, 11) is 0. The molecule has 2 rings (SSSR count). The second kappa shape index (κ2) is 5.85. The Hall–Kier alpha value is -2.31. The molecule has 2 heterocycles. The lowest BCUT2D eigenvalue weighted by atomic mass is 10.2. The maximum Gasteiger partial charge on any atom is 0.256 e. The van der Waals surface area contributed by atoms with Crippen LogP contribution in [0.25, 0.3) is 0 Å². The summed E-state index contributed by atoms with van der Waals surface area (Å²) in [6.45, 7) is 1.53. The number of aryl methyl sites for hydroxylation is 1. The molecule has 0 saturated carbocycles. The van der Waals surface area contributed by atoms with E-state index in [0.717, 1.165) is 19.4 Å². The van der Waals surface area contributed by atoms with E-state index in [4.69, 9.17) is 5.73 Å². The summed E-state index contributed by atoms with van der Waals surface area (Å²) in [5.74, 6) is 0.106. The fourth-order valence-corrected chi connectivity index (χ4v) is 1.61. The van der Waals surface area contributed by atoms with E-state index < -0.39 is 0 Å². The average molecular weight is 248 g/mol. The van der Waals surface area contributed by atoms with Gasteiger partial charge in [0.1, 0.15) is 11.4 Å². The quantitative estimate of drug-likeness (QED) is 0.644. The zero-order valence-corrected chi connectivity index (χ0v) is 9.97. The van der Waals surface area contributed by atoms with Gasteiger partial charge in [0.15, 0.2) is 0 Å². The summed E-state index contributed by atoms with van der Waals surface area (Å²) < 4.78 is 2.01. The number of nitrogens with one attached hydrogen (secondary N) is 2. The number of unbranched alkanes of at least 4 members (excludes halogenated alkanes) is 1. The van der Waals surface area contributed by atoms with Crippen molar-refractivity contribution in [1.82, 2.24) is 25.1 Å². The highest BCUT2D eigenvalue weighted by Gasteiger charge is 2.10. The molecule has 0 spiro atoms. The van der Waals surface area contributed by atoms with Gasteiger partial charge in [-0.1, -0.05) is 0 Å². The molecule has 0 aliphatic rings. The topological polar surface area (TPSA) is 102 Å². The number of hydrogen-bond donors (Lipinski definition) is 3. The van der Waals surface area contributed by atoms with Crippen molar-refractivity contribution >= 4 is 11.7 Å². The number of aromatic nitrogens is 4. The van der Waals surface area contributed by atoms with Crippen LogP contribution in [0.3, 0.4) is 0 Å². The predicted molar refractivity (Wildman–Crippen MR) is 66.8 cm³/mol. The monoisotopic (exact) mass is 248 g/mol. The normalized spacial score (nSPS) is 10.4. The third kappa shape index (κ3) is 3.09. The molecular weight excluding hydrogens is 232 g/mol. The standard InChI is InChI=1S/C11H16N6O/c12-10-9(7-15-16-10)11(18)14-3-1-2-5-17-6-4-13-8-17/h4,6-8H,1-3,5H2,(H,14,18)(H3,12,15,16). The summed E-state index contributed by atoms with van der Waals surface area (Å²) in [6, 6.07) is 0. The molecular formula is C11H16N6O. The number of aromatic amines is 1. The number of imidazole rings is 1. The fourth-order valence-electron chi connectivity index (χ4n) is 1.61. The molecule has 7 nitrogen and oxygen atoms in total. The Morgan fingerprint density at radius 2 is 2.39 bits per heavy atom. The summed E-state index contributed by atoms with van der Waals surface area (Å²) >= 11 is 0. The van der Waals surface area contributed by atoms with Gasteiger partial charge in [0.25, 0.3) is 5.91 Å². The molecule has 0 aliphatic heterocycles. The predicted octanol–water partition coefficient (Wildman–Crippen LogP) is 0.399. The van der Waals surface area contributed by atoms with E-state index in [2.05, 4.69) is 20.5 Å². The summed E-state index contributed by atoms with van der Waals surface area (Å²) in [5, 5.41) is 9.03. The maximum absolute atomic E-state index is 11.7. The number of nitrogen functional groups attached to an aromatic ring is 1. The number of amides is 1. The first-order valence-corrected chi connectivity index (χ1v) is 5.80. The largest absolute Gasteiger partial charge is 0.383 e. The van der Waals surface area contributed by atoms with Gasteiger partial charge in [-0.2, -0.15) is 5.10 Å². The van der Waals surface area contributed by atoms with Gasteiger partial charge in [0.2, 0.25) is 0 Å². The van der Waals surface area contributed by atoms with Crippen molar-refractivity contribution in [3.63, 3.8) is 0 Å². The van der Waals surface area contributed by atoms with Crippen LogP contribution in [0.4, 0.5) is 5.82 Å². The Balaban J connectivity index is 1.64. The highest BCUT2D eigenvalue weighted by atomic mass is 16.1. The first-order chi connectivity index (χ1) is 8.77. The van der Waals surface area contributed by atoms with Crippen LogP contribution in [-0.4, -0.2) is 32.2 Å². The number of H-pyrrole nitrogens is 1. The third-order valence-electron chi connectivity index (χ3n) is 2.60. The molecule has 0 atom stereocenters. The van der Waals surface area contributed by atoms with Crippen LogP contribution in [0.5, 0.6) is 0 Å². The van der Waals surface area contributed by atoms with Gasteiger partial charge in [-0.3, -0.25) is 9.89 Å². The molecule has 0 fully saturated rings. The first kappa shape index (κ1) is 12.2. The van der Waals surface area contributed by atoms with Gasteiger partial charge in [0, 0.05) is 25.5 Å². The molecule has 96 valence electrons. The zero-order valence-electron chi connectivity index (χ0n) is 9.97. The average Bonchev–Trinajstić information content (AvgIpc) is 2.99. The Labute approximate surface area is 104 Å². The van der Waals surface area contributed by atoms with Crippen LogP contribution in [0.15, 0.2) is 24.9 Å². The van der Waals surface area contributed by atoms with Crippen molar-refractivity contribution in [2.75, 3.05) is 12.3 Å². The third-order valence-corrected chi connectivity index (χ3v) is 2.60. The minimum atomic E-state index is -0.191. The van der Waals surface area contributed by atoms with Crippen molar-refractivity contribution in [3.8, 4) is 0 Å². The second-order valence-corrected chi connectivity index (χ2v) is 3.96. The van der Waals surface area contributed by atoms with Crippen molar-refractivity contribution in [1.29, 1.82) is 0 Å². The molecule has 7 heteroatoms. The number of nitrogens with zero attached hydrogens (tertiary/aromatic N) is 3. The van der Waals surface area contributed by atoms with Crippen LogP contribution >= 0.6 is 0 Å². The lowest BCUT2D eigenvalue weighted by molar-refractivity contribution is 0.0954. The number of rotatable bonds is 6. The molecule has 2 aromatic heterocycles. The Morgan fingerprint density at radius 1 is 1.50 bits per heavy atom. The Morgan fingerprint density at radius 3 is 3.06 bits per heavy atom. The number of carbonyl (C=O) groups excluding carboxylic acids is 1. The lowest BCUT2D eigenvalue weighted by Gasteiger charge is -2.04. The van der Waals surface area contributed by atoms with Gasteiger partial charge in [-0.05, 0) is 12.8 Å². The Bertz CT molecular complexity index is 489. The minimum Gasteiger partial charge on any atom is -0.383 e. The van der Waals surface area contributed by atoms with Crippen LogP contribution in [0.2, 0.25) is 0 Å². The summed E-state index contributed by atoms with van der Waals surface area (Å²) in [6.07, 6.45) is 8.77. The molecule has 0 radical (unpaired) electrons. The van der Waals surface area contributed by atoms with Crippen LogP contribution in [0, 0.1) is 0 Å². The highest BCUT2D eigenvalue weighted by molar-refractivity contribution is 5.97. The number of hydrogen-bond acceptors (Lipinski definition) is 4. The summed E-state index contributed by atoms with van der Waals surface area (Å²) in [4.78, 5) is 15.6. The van der Waals surface area contributed by atoms with Crippen molar-refractivity contribution < 1.29 is 4.79 Å². The maximum atomic E-state index is 11.7. The molecule has 18 heavy (non-hydrogen) atoms. The van der Waals surface area contributed by atoms with Gasteiger partial charge in [-0.25, -0.2) is 4.98 Å². The first-order valence-electron chi connectivity index (χ1n) is 5.80. The smallest absolute Gasteiger partial charge is 0.256 e. The lowest BCUT2D eigenvalue weighted by Crippen LogP contribution is -2.25. The van der Waals surface area contributed by atoms with Gasteiger partial charge < -0.3 is 15.6 Å². The molecule has 1 amide bonds. The fraction of sp³-hybridized carbons (Fsp3) is 0.364. The molecule has 0 saturated heterocycles.